The van der Waals surface area contributed by atoms with Crippen molar-refractivity contribution in [2.24, 2.45) is 20.6 Å². The van der Waals surface area contributed by atoms with Gasteiger partial charge in [0.15, 0.2) is 6.04 Å². The maximum Gasteiger partial charge on any atom is 0.305 e. The standard InChI is InChI=1S/C26H46N16O9/c27-38-32-8-3-1-5-20(24(45)31-10-12-49-14-16-51-18-17-50-15-13-48-11-7-23(43)44)35-26(47)22(19-34-40-29)36-25(46)21(37-42-41-30)6-2-4-9-33-39-28/h20-22,37H,1-19H2,(H,31,45)(H,35,47)(H,36,46)(H,43,44)/t20-,21-,22-/m0/s1. The lowest BCUT2D eigenvalue weighted by molar-refractivity contribution is -0.138. The average Bonchev–Trinajstić information content (AvgIpc) is 3.11. The van der Waals surface area contributed by atoms with Crippen molar-refractivity contribution in [3.8, 4) is 0 Å². The molecule has 51 heavy (non-hydrogen) atoms. The number of aliphatic carboxylic acids is 1. The zero-order valence-electron chi connectivity index (χ0n) is 28.2. The van der Waals surface area contributed by atoms with Gasteiger partial charge in [-0.3, -0.25) is 19.2 Å². The van der Waals surface area contributed by atoms with Crippen molar-refractivity contribution in [3.63, 3.8) is 0 Å². The molecule has 5 N–H and O–H groups in total. The Balaban J connectivity index is 4.96. The van der Waals surface area contributed by atoms with Crippen molar-refractivity contribution >= 4 is 23.7 Å². The van der Waals surface area contributed by atoms with Crippen LogP contribution in [0.2, 0.25) is 0 Å². The summed E-state index contributed by atoms with van der Waals surface area (Å²) in [5, 5.41) is 29.7. The summed E-state index contributed by atoms with van der Waals surface area (Å²) in [6, 6.07) is -3.54. The predicted molar refractivity (Wildman–Crippen MR) is 178 cm³/mol. The van der Waals surface area contributed by atoms with E-state index in [0.29, 0.717) is 45.5 Å². The Morgan fingerprint density at radius 3 is 1.61 bits per heavy atom. The van der Waals surface area contributed by atoms with Crippen LogP contribution in [0.3, 0.4) is 0 Å². The van der Waals surface area contributed by atoms with E-state index >= 15 is 0 Å². The van der Waals surface area contributed by atoms with E-state index in [0.717, 1.165) is 0 Å². The molecule has 3 atom stereocenters. The summed E-state index contributed by atoms with van der Waals surface area (Å²) in [5.41, 5.74) is 36.8. The van der Waals surface area contributed by atoms with Crippen LogP contribution in [0, 0.1) is 0 Å². The first-order chi connectivity index (χ1) is 24.8. The Hall–Kier alpha value is -5.24. The molecule has 0 aromatic heterocycles. The van der Waals surface area contributed by atoms with Crippen molar-refractivity contribution in [1.29, 1.82) is 0 Å². The number of unbranched alkanes of at least 4 members (excludes halogenated alkanes) is 2. The zero-order valence-corrected chi connectivity index (χ0v) is 28.2. The second-order valence-electron chi connectivity index (χ2n) is 10.2. The lowest BCUT2D eigenvalue weighted by atomic mass is 10.1. The van der Waals surface area contributed by atoms with Gasteiger partial charge in [0.05, 0.1) is 65.8 Å². The highest BCUT2D eigenvalue weighted by molar-refractivity contribution is 5.93. The minimum Gasteiger partial charge on any atom is -0.481 e. The number of azide groups is 4. The Bertz CT molecular complexity index is 1220. The summed E-state index contributed by atoms with van der Waals surface area (Å²) in [5.74, 6) is -3.05. The summed E-state index contributed by atoms with van der Waals surface area (Å²) in [6.45, 7) is 1.93. The molecule has 25 heteroatoms. The van der Waals surface area contributed by atoms with Gasteiger partial charge in [-0.15, -0.1) is 5.53 Å². The Morgan fingerprint density at radius 1 is 0.588 bits per heavy atom. The second kappa shape index (κ2) is 33.3. The molecular formula is C26H46N16O9. The molecule has 0 rings (SSSR count). The first-order valence-electron chi connectivity index (χ1n) is 16.0. The summed E-state index contributed by atoms with van der Waals surface area (Å²) in [4.78, 5) is 60.2. The highest BCUT2D eigenvalue weighted by Gasteiger charge is 2.29. The molecular weight excluding hydrogens is 680 g/mol. The van der Waals surface area contributed by atoms with Gasteiger partial charge in [-0.2, -0.15) is 4.91 Å². The van der Waals surface area contributed by atoms with Gasteiger partial charge in [0, 0.05) is 34.4 Å². The van der Waals surface area contributed by atoms with Crippen molar-refractivity contribution in [2.45, 2.75) is 63.1 Å². The van der Waals surface area contributed by atoms with E-state index in [1.807, 2.05) is 0 Å². The Kier molecular flexibility index (Phi) is 29.8. The van der Waals surface area contributed by atoms with Crippen LogP contribution in [0.15, 0.2) is 20.6 Å². The van der Waals surface area contributed by atoms with Gasteiger partial charge in [-0.05, 0) is 53.9 Å². The zero-order chi connectivity index (χ0) is 37.8. The number of nitrogens with zero attached hydrogens (tertiary/aromatic N) is 12. The number of ether oxygens (including phenoxy) is 4. The van der Waals surface area contributed by atoms with E-state index in [1.54, 1.807) is 0 Å². The van der Waals surface area contributed by atoms with E-state index in [4.69, 9.17) is 46.2 Å². The molecule has 0 fully saturated rings. The number of carbonyl (C=O) groups is 4. The third kappa shape index (κ3) is 27.3. The quantitative estimate of drug-likeness (QED) is 0.0211. The minimum atomic E-state index is -1.39. The minimum absolute atomic E-state index is 0.0710. The third-order valence-electron chi connectivity index (χ3n) is 6.42. The Morgan fingerprint density at radius 2 is 1.08 bits per heavy atom. The molecule has 0 aliphatic rings. The predicted octanol–water partition coefficient (Wildman–Crippen LogP) is 2.07. The van der Waals surface area contributed by atoms with Gasteiger partial charge in [0.2, 0.25) is 11.8 Å². The molecule has 0 aliphatic heterocycles. The van der Waals surface area contributed by atoms with Crippen molar-refractivity contribution in [3.05, 3.63) is 41.8 Å². The summed E-state index contributed by atoms with van der Waals surface area (Å²) in [6.07, 6.45) is 1.90. The number of carboxylic acid groups (broad SMARTS) is 1. The normalized spacial score (nSPS) is 11.9. The molecule has 0 radical (unpaired) electrons. The molecule has 0 saturated carbocycles. The highest BCUT2D eigenvalue weighted by atomic mass is 16.6. The van der Waals surface area contributed by atoms with E-state index in [1.165, 1.54) is 0 Å². The lowest BCUT2D eigenvalue weighted by Crippen LogP contribution is -2.57. The van der Waals surface area contributed by atoms with E-state index in [-0.39, 0.29) is 71.9 Å². The van der Waals surface area contributed by atoms with Crippen LogP contribution in [-0.4, -0.2) is 126 Å². The molecule has 3 amide bonds. The average molecular weight is 727 g/mol. The number of nitrogens with one attached hydrogen (secondary N) is 4. The van der Waals surface area contributed by atoms with Gasteiger partial charge in [-0.1, -0.05) is 21.8 Å². The van der Waals surface area contributed by atoms with Crippen LogP contribution in [0.5, 0.6) is 0 Å². The number of hydrogen-bond acceptors (Lipinski definition) is 12. The first-order valence-corrected chi connectivity index (χ1v) is 16.0. The monoisotopic (exact) mass is 726 g/mol. The van der Waals surface area contributed by atoms with Crippen LogP contribution in [-0.2, 0) is 38.1 Å². The first kappa shape index (κ1) is 45.8. The number of amides is 3. The fourth-order valence-corrected chi connectivity index (χ4v) is 3.92. The van der Waals surface area contributed by atoms with Gasteiger partial charge in [0.1, 0.15) is 12.1 Å². The summed E-state index contributed by atoms with van der Waals surface area (Å²) >= 11 is 0. The molecule has 0 spiro atoms. The van der Waals surface area contributed by atoms with Crippen molar-refractivity contribution in [2.75, 3.05) is 79.0 Å². The smallest absolute Gasteiger partial charge is 0.305 e. The van der Waals surface area contributed by atoms with E-state index < -0.39 is 48.4 Å². The number of carboxylic acids is 1. The molecule has 0 bridgehead atoms. The largest absolute Gasteiger partial charge is 0.481 e. The molecule has 0 saturated heterocycles. The molecule has 0 heterocycles. The SMILES string of the molecule is [N-]=[N+]=NCCCC[C@H](NN=[N+]=[N-])C(=O)N[C@@H](CN=[N+]=[N-])C(=O)N[C@@H](CCCCN=[N+]=[N-])C(=O)NCCOCCOCCOCCOCCC(=O)O. The van der Waals surface area contributed by atoms with Crippen molar-refractivity contribution < 1.29 is 43.2 Å². The third-order valence-corrected chi connectivity index (χ3v) is 6.42. The lowest BCUT2D eigenvalue weighted by Gasteiger charge is -2.23. The maximum absolute atomic E-state index is 13.2. The van der Waals surface area contributed by atoms with E-state index in [9.17, 15) is 19.2 Å². The molecule has 0 unspecified atom stereocenters. The van der Waals surface area contributed by atoms with Gasteiger partial charge in [0.25, 0.3) is 5.91 Å². The molecule has 0 aromatic rings. The number of carbonyl (C=O) groups excluding carboxylic acids is 3. The van der Waals surface area contributed by atoms with Gasteiger partial charge >= 0.3 is 5.97 Å². The topological polar surface area (TPSA) is 369 Å². The highest BCUT2D eigenvalue weighted by Crippen LogP contribution is 2.06. The van der Waals surface area contributed by atoms with Gasteiger partial charge < -0.3 is 40.0 Å². The molecule has 0 aromatic carbocycles. The number of hydrogen-bond donors (Lipinski definition) is 5. The van der Waals surface area contributed by atoms with Crippen LogP contribution in [0.25, 0.3) is 41.8 Å². The van der Waals surface area contributed by atoms with Crippen molar-refractivity contribution in [1.82, 2.24) is 21.4 Å². The molecule has 0 aliphatic carbocycles. The van der Waals surface area contributed by atoms with Crippen LogP contribution in [0.1, 0.15) is 44.9 Å². The summed E-state index contributed by atoms with van der Waals surface area (Å²) in [7, 11) is 0. The van der Waals surface area contributed by atoms with Crippen LogP contribution < -0.4 is 21.4 Å². The fourth-order valence-electron chi connectivity index (χ4n) is 3.92. The maximum atomic E-state index is 13.2. The number of rotatable bonds is 34. The van der Waals surface area contributed by atoms with Crippen LogP contribution in [0.4, 0.5) is 0 Å². The Labute approximate surface area is 292 Å². The van der Waals surface area contributed by atoms with E-state index in [2.05, 4.69) is 61.6 Å². The molecule has 284 valence electrons. The summed E-state index contributed by atoms with van der Waals surface area (Å²) < 4.78 is 21.2. The van der Waals surface area contributed by atoms with Gasteiger partial charge in [-0.25, -0.2) is 5.43 Å². The fraction of sp³-hybridized carbons (Fsp3) is 0.846. The molecule has 25 nitrogen and oxygen atoms in total. The van der Waals surface area contributed by atoms with Crippen LogP contribution >= 0.6 is 0 Å². The second-order valence-corrected chi connectivity index (χ2v) is 10.2.